The summed E-state index contributed by atoms with van der Waals surface area (Å²) in [6.07, 6.45) is 48.4. The number of esters is 4. The Hall–Kier alpha value is -1.94. The Bertz CT molecular complexity index is 1650. The second-order valence-electron chi connectivity index (χ2n) is 24.2. The molecule has 2 unspecified atom stereocenters. The molecule has 0 aromatic carbocycles. The maximum atomic E-state index is 13.0. The number of phosphoric acid groups is 2. The Morgan fingerprint density at radius 3 is 0.686 bits per heavy atom. The van der Waals surface area contributed by atoms with Gasteiger partial charge in [-0.1, -0.05) is 297 Å². The average molecular weight is 1270 g/mol. The summed E-state index contributed by atoms with van der Waals surface area (Å²) in [4.78, 5) is 72.3. The standard InChI is InChI=1S/C67H130O17P2/c1-5-9-13-17-21-25-28-30-31-34-38-42-46-50-54-67(72)84-63(58-78-65(70)52-48-44-40-36-33-29-26-22-18-14-10-6-2)60-82-86(75,76)80-56-61(68)55-79-85(73,74)81-59-62(57-77-64(69)51-47-43-39-35-24-20-16-12-8-4)83-66(71)53-49-45-41-37-32-27-23-19-15-11-7-3/h61-63,68H,5-60H2,1-4H3,(H,73,74)(H,75,76)/t61-,62+,63+/m0/s1. The van der Waals surface area contributed by atoms with Crippen molar-refractivity contribution >= 4 is 39.5 Å². The van der Waals surface area contributed by atoms with Crippen molar-refractivity contribution < 1.29 is 80.2 Å². The van der Waals surface area contributed by atoms with Gasteiger partial charge in [0, 0.05) is 25.7 Å². The van der Waals surface area contributed by atoms with Crippen LogP contribution in [0, 0.1) is 0 Å². The lowest BCUT2D eigenvalue weighted by Crippen LogP contribution is -2.30. The quantitative estimate of drug-likeness (QED) is 0.0222. The monoisotopic (exact) mass is 1270 g/mol. The molecule has 0 saturated heterocycles. The molecule has 17 nitrogen and oxygen atoms in total. The van der Waals surface area contributed by atoms with Crippen LogP contribution in [0.4, 0.5) is 0 Å². The zero-order chi connectivity index (χ0) is 63.3. The van der Waals surface area contributed by atoms with E-state index in [1.165, 1.54) is 180 Å². The lowest BCUT2D eigenvalue weighted by Gasteiger charge is -2.21. The summed E-state index contributed by atoms with van der Waals surface area (Å²) in [6.45, 7) is 4.91. The number of unbranched alkanes of at least 4 members (excludes halogenated alkanes) is 42. The number of ether oxygens (including phenoxy) is 4. The highest BCUT2D eigenvalue weighted by molar-refractivity contribution is 7.47. The normalized spacial score (nSPS) is 14.1. The van der Waals surface area contributed by atoms with E-state index in [9.17, 15) is 43.2 Å². The summed E-state index contributed by atoms with van der Waals surface area (Å²) in [5.41, 5.74) is 0. The van der Waals surface area contributed by atoms with Gasteiger partial charge < -0.3 is 33.8 Å². The third-order valence-electron chi connectivity index (χ3n) is 15.6. The molecule has 0 bridgehead atoms. The number of carbonyl (C=O) groups excluding carboxylic acids is 4. The minimum atomic E-state index is -4.95. The highest BCUT2D eigenvalue weighted by Gasteiger charge is 2.30. The van der Waals surface area contributed by atoms with Crippen LogP contribution in [0.3, 0.4) is 0 Å². The van der Waals surface area contributed by atoms with Crippen LogP contribution in [0.1, 0.15) is 349 Å². The number of phosphoric ester groups is 2. The first kappa shape index (κ1) is 84.1. The van der Waals surface area contributed by atoms with Crippen LogP contribution in [-0.2, 0) is 65.4 Å². The first-order valence-corrected chi connectivity index (χ1v) is 38.3. The molecule has 0 aromatic heterocycles. The van der Waals surface area contributed by atoms with Crippen LogP contribution in [-0.4, -0.2) is 96.7 Å². The molecule has 0 rings (SSSR count). The highest BCUT2D eigenvalue weighted by atomic mass is 31.2. The molecular formula is C67H130O17P2. The minimum Gasteiger partial charge on any atom is -0.462 e. The van der Waals surface area contributed by atoms with Gasteiger partial charge in [-0.05, 0) is 25.7 Å². The number of aliphatic hydroxyl groups is 1. The van der Waals surface area contributed by atoms with Gasteiger partial charge in [-0.3, -0.25) is 37.3 Å². The Morgan fingerprint density at radius 2 is 0.465 bits per heavy atom. The molecule has 0 radical (unpaired) electrons. The maximum Gasteiger partial charge on any atom is 0.472 e. The van der Waals surface area contributed by atoms with Gasteiger partial charge in [0.25, 0.3) is 0 Å². The van der Waals surface area contributed by atoms with Crippen molar-refractivity contribution in [3.05, 3.63) is 0 Å². The molecule has 86 heavy (non-hydrogen) atoms. The van der Waals surface area contributed by atoms with Gasteiger partial charge in [0.05, 0.1) is 26.4 Å². The van der Waals surface area contributed by atoms with E-state index in [0.717, 1.165) is 89.9 Å². The molecule has 0 aliphatic heterocycles. The van der Waals surface area contributed by atoms with Gasteiger partial charge in [-0.15, -0.1) is 0 Å². The van der Waals surface area contributed by atoms with Crippen LogP contribution < -0.4 is 0 Å². The predicted molar refractivity (Wildman–Crippen MR) is 345 cm³/mol. The first-order valence-electron chi connectivity index (χ1n) is 35.3. The molecule has 0 saturated carbocycles. The summed E-state index contributed by atoms with van der Waals surface area (Å²) < 4.78 is 68.1. The molecule has 0 aromatic rings. The molecule has 0 aliphatic carbocycles. The molecule has 0 fully saturated rings. The Morgan fingerprint density at radius 1 is 0.279 bits per heavy atom. The van der Waals surface area contributed by atoms with Crippen LogP contribution >= 0.6 is 15.6 Å². The van der Waals surface area contributed by atoms with E-state index in [2.05, 4.69) is 27.7 Å². The highest BCUT2D eigenvalue weighted by Crippen LogP contribution is 2.45. The summed E-state index contributed by atoms with van der Waals surface area (Å²) in [5.74, 6) is -2.12. The van der Waals surface area contributed by atoms with Crippen molar-refractivity contribution in [2.24, 2.45) is 0 Å². The van der Waals surface area contributed by atoms with Crippen LogP contribution in [0.15, 0.2) is 0 Å². The van der Waals surface area contributed by atoms with E-state index in [1.54, 1.807) is 0 Å². The fourth-order valence-electron chi connectivity index (χ4n) is 10.2. The van der Waals surface area contributed by atoms with Crippen molar-refractivity contribution in [1.82, 2.24) is 0 Å². The SMILES string of the molecule is CCCCCCCCCCCCCCCCC(=O)O[C@H](COC(=O)CCCCCCCCCCCCCC)COP(=O)(O)OC[C@@H](O)COP(=O)(O)OC[C@@H](COC(=O)CCCCCCCCCCC)OC(=O)CCCCCCCCCCCCC. The summed E-state index contributed by atoms with van der Waals surface area (Å²) in [7, 11) is -9.89. The number of carbonyl (C=O) groups is 4. The van der Waals surface area contributed by atoms with Crippen molar-refractivity contribution in [3.8, 4) is 0 Å². The molecule has 5 atom stereocenters. The van der Waals surface area contributed by atoms with Crippen molar-refractivity contribution in [2.75, 3.05) is 39.6 Å². The number of rotatable bonds is 68. The predicted octanol–water partition coefficient (Wildman–Crippen LogP) is 19.1. The molecule has 0 heterocycles. The first-order chi connectivity index (χ1) is 41.7. The van der Waals surface area contributed by atoms with E-state index >= 15 is 0 Å². The lowest BCUT2D eigenvalue weighted by molar-refractivity contribution is -0.161. The average Bonchev–Trinajstić information content (AvgIpc) is 3.61. The summed E-state index contributed by atoms with van der Waals surface area (Å²) >= 11 is 0. The zero-order valence-corrected chi connectivity index (χ0v) is 57.1. The lowest BCUT2D eigenvalue weighted by atomic mass is 10.0. The van der Waals surface area contributed by atoms with E-state index < -0.39 is 97.5 Å². The zero-order valence-electron chi connectivity index (χ0n) is 55.3. The second kappa shape index (κ2) is 61.9. The molecule has 0 spiro atoms. The third-order valence-corrected chi connectivity index (χ3v) is 17.5. The second-order valence-corrected chi connectivity index (χ2v) is 27.1. The van der Waals surface area contributed by atoms with Gasteiger partial charge >= 0.3 is 39.5 Å². The molecule has 0 aliphatic rings. The van der Waals surface area contributed by atoms with Gasteiger partial charge in [0.1, 0.15) is 19.3 Å². The van der Waals surface area contributed by atoms with Gasteiger partial charge in [-0.25, -0.2) is 9.13 Å². The molecule has 3 N–H and O–H groups in total. The van der Waals surface area contributed by atoms with Gasteiger partial charge in [0.15, 0.2) is 12.2 Å². The minimum absolute atomic E-state index is 0.107. The number of aliphatic hydroxyl groups excluding tert-OH is 1. The van der Waals surface area contributed by atoms with E-state index in [4.69, 9.17) is 37.0 Å². The summed E-state index contributed by atoms with van der Waals surface area (Å²) in [6, 6.07) is 0. The molecular weight excluding hydrogens is 1140 g/mol. The van der Waals surface area contributed by atoms with E-state index in [-0.39, 0.29) is 25.7 Å². The summed E-state index contributed by atoms with van der Waals surface area (Å²) in [5, 5.41) is 10.6. The topological polar surface area (TPSA) is 237 Å². The van der Waals surface area contributed by atoms with Crippen molar-refractivity contribution in [3.63, 3.8) is 0 Å². The smallest absolute Gasteiger partial charge is 0.462 e. The fourth-order valence-corrected chi connectivity index (χ4v) is 11.7. The maximum absolute atomic E-state index is 13.0. The molecule has 0 amide bonds. The Kier molecular flexibility index (Phi) is 60.5. The van der Waals surface area contributed by atoms with Crippen molar-refractivity contribution in [1.29, 1.82) is 0 Å². The number of hydrogen-bond donors (Lipinski definition) is 3. The Labute approximate surface area is 524 Å². The third kappa shape index (κ3) is 60.9. The molecule has 510 valence electrons. The van der Waals surface area contributed by atoms with Gasteiger partial charge in [-0.2, -0.15) is 0 Å². The number of hydrogen-bond acceptors (Lipinski definition) is 15. The van der Waals surface area contributed by atoms with Crippen LogP contribution in [0.25, 0.3) is 0 Å². The Balaban J connectivity index is 5.23. The molecule has 19 heteroatoms. The van der Waals surface area contributed by atoms with Gasteiger partial charge in [0.2, 0.25) is 0 Å². The van der Waals surface area contributed by atoms with E-state index in [0.29, 0.717) is 25.7 Å². The van der Waals surface area contributed by atoms with Crippen molar-refractivity contribution in [2.45, 2.75) is 367 Å². The van der Waals surface area contributed by atoms with Crippen LogP contribution in [0.5, 0.6) is 0 Å². The fraction of sp³-hybridized carbons (Fsp3) is 0.940. The van der Waals surface area contributed by atoms with Crippen LogP contribution in [0.2, 0.25) is 0 Å². The largest absolute Gasteiger partial charge is 0.472 e. The van der Waals surface area contributed by atoms with E-state index in [1.807, 2.05) is 0 Å².